The number of hydrogen-bond donors (Lipinski definition) is 1. The van der Waals surface area contributed by atoms with E-state index in [0.717, 1.165) is 12.3 Å². The molecule has 2 aromatic carbocycles. The average Bonchev–Trinajstić information content (AvgIpc) is 2.83. The van der Waals surface area contributed by atoms with Crippen LogP contribution in [0, 0.1) is 0 Å². The minimum atomic E-state index is 0.456. The molecule has 1 heterocycles. The van der Waals surface area contributed by atoms with Crippen molar-refractivity contribution in [3.05, 3.63) is 59.7 Å². The van der Waals surface area contributed by atoms with Gasteiger partial charge in [0.1, 0.15) is 5.75 Å². The molecule has 0 bridgehead atoms. The van der Waals surface area contributed by atoms with Gasteiger partial charge in [0.25, 0.3) is 0 Å². The topological polar surface area (TPSA) is 21.3 Å². The largest absolute Gasteiger partial charge is 0.497 e. The fourth-order valence-corrected chi connectivity index (χ4v) is 2.42. The molecule has 0 saturated heterocycles. The van der Waals surface area contributed by atoms with Crippen molar-refractivity contribution >= 4 is 5.69 Å². The Morgan fingerprint density at radius 3 is 2.59 bits per heavy atom. The van der Waals surface area contributed by atoms with Gasteiger partial charge in [-0.15, -0.1) is 0 Å². The van der Waals surface area contributed by atoms with Crippen molar-refractivity contribution in [2.75, 3.05) is 19.0 Å². The van der Waals surface area contributed by atoms with Crippen LogP contribution in [0.1, 0.15) is 17.0 Å². The third-order valence-corrected chi connectivity index (χ3v) is 3.35. The molecule has 17 heavy (non-hydrogen) atoms. The maximum absolute atomic E-state index is 5.19. The van der Waals surface area contributed by atoms with Crippen LogP contribution in [0.3, 0.4) is 0 Å². The van der Waals surface area contributed by atoms with Gasteiger partial charge in [-0.2, -0.15) is 0 Å². The molecule has 0 fully saturated rings. The van der Waals surface area contributed by atoms with Gasteiger partial charge in [0.15, 0.2) is 0 Å². The fraction of sp³-hybridized carbons (Fsp3) is 0.200. The summed E-state index contributed by atoms with van der Waals surface area (Å²) in [5, 5.41) is 3.45. The Hall–Kier alpha value is -1.96. The molecule has 1 aliphatic rings. The van der Waals surface area contributed by atoms with Crippen molar-refractivity contribution in [1.29, 1.82) is 0 Å². The van der Waals surface area contributed by atoms with Gasteiger partial charge in [-0.05, 0) is 29.3 Å². The third kappa shape index (κ3) is 1.76. The second kappa shape index (κ2) is 4.13. The van der Waals surface area contributed by atoms with E-state index in [2.05, 4.69) is 41.7 Å². The summed E-state index contributed by atoms with van der Waals surface area (Å²) in [7, 11) is 1.70. The van der Waals surface area contributed by atoms with Gasteiger partial charge in [0.05, 0.1) is 7.11 Å². The SMILES string of the molecule is COc1ccc(C2CNc3ccccc32)cc1. The van der Waals surface area contributed by atoms with E-state index in [-0.39, 0.29) is 0 Å². The van der Waals surface area contributed by atoms with Crippen molar-refractivity contribution < 1.29 is 4.74 Å². The number of nitrogens with one attached hydrogen (secondary N) is 1. The van der Waals surface area contributed by atoms with E-state index in [9.17, 15) is 0 Å². The molecule has 86 valence electrons. The zero-order chi connectivity index (χ0) is 11.7. The lowest BCUT2D eigenvalue weighted by molar-refractivity contribution is 0.414. The molecule has 1 unspecified atom stereocenters. The highest BCUT2D eigenvalue weighted by molar-refractivity contribution is 5.60. The minimum Gasteiger partial charge on any atom is -0.497 e. The van der Waals surface area contributed by atoms with E-state index >= 15 is 0 Å². The molecule has 1 atom stereocenters. The number of ether oxygens (including phenoxy) is 1. The van der Waals surface area contributed by atoms with Gasteiger partial charge in [-0.3, -0.25) is 0 Å². The Bertz CT molecular complexity index is 519. The summed E-state index contributed by atoms with van der Waals surface area (Å²) >= 11 is 0. The van der Waals surface area contributed by atoms with Crippen LogP contribution in [0.2, 0.25) is 0 Å². The quantitative estimate of drug-likeness (QED) is 0.847. The van der Waals surface area contributed by atoms with Crippen molar-refractivity contribution in [3.8, 4) is 5.75 Å². The summed E-state index contributed by atoms with van der Waals surface area (Å²) in [5.74, 6) is 1.37. The zero-order valence-corrected chi connectivity index (χ0v) is 9.81. The van der Waals surface area contributed by atoms with Gasteiger partial charge in [-0.25, -0.2) is 0 Å². The minimum absolute atomic E-state index is 0.456. The van der Waals surface area contributed by atoms with E-state index in [4.69, 9.17) is 4.74 Å². The highest BCUT2D eigenvalue weighted by Crippen LogP contribution is 2.36. The van der Waals surface area contributed by atoms with Crippen molar-refractivity contribution in [2.24, 2.45) is 0 Å². The lowest BCUT2D eigenvalue weighted by Gasteiger charge is -2.11. The molecular weight excluding hydrogens is 210 g/mol. The van der Waals surface area contributed by atoms with E-state index in [1.54, 1.807) is 7.11 Å². The zero-order valence-electron chi connectivity index (χ0n) is 9.81. The van der Waals surface area contributed by atoms with E-state index < -0.39 is 0 Å². The maximum atomic E-state index is 5.19. The molecule has 0 spiro atoms. The normalized spacial score (nSPS) is 17.4. The predicted octanol–water partition coefficient (Wildman–Crippen LogP) is 3.25. The fourth-order valence-electron chi connectivity index (χ4n) is 2.42. The first-order valence-electron chi connectivity index (χ1n) is 5.85. The Labute approximate surface area is 101 Å². The number of rotatable bonds is 2. The molecular formula is C15H15NO. The molecule has 1 aliphatic heterocycles. The second-order valence-corrected chi connectivity index (χ2v) is 4.29. The molecule has 0 amide bonds. The standard InChI is InChI=1S/C15H15NO/c1-17-12-8-6-11(7-9-12)14-10-16-15-5-3-2-4-13(14)15/h2-9,14,16H,10H2,1H3. The number of fused-ring (bicyclic) bond motifs is 1. The Morgan fingerprint density at radius 1 is 1.06 bits per heavy atom. The number of hydrogen-bond acceptors (Lipinski definition) is 2. The first-order chi connectivity index (χ1) is 8.38. The number of anilines is 1. The molecule has 0 saturated carbocycles. The summed E-state index contributed by atoms with van der Waals surface area (Å²) < 4.78 is 5.19. The van der Waals surface area contributed by atoms with Gasteiger partial charge >= 0.3 is 0 Å². The van der Waals surface area contributed by atoms with Crippen LogP contribution in [0.5, 0.6) is 5.75 Å². The van der Waals surface area contributed by atoms with Gasteiger partial charge in [-0.1, -0.05) is 30.3 Å². The van der Waals surface area contributed by atoms with Crippen LogP contribution < -0.4 is 10.1 Å². The highest BCUT2D eigenvalue weighted by Gasteiger charge is 2.22. The van der Waals surface area contributed by atoms with Crippen LogP contribution in [-0.4, -0.2) is 13.7 Å². The molecule has 2 heteroatoms. The molecule has 2 aromatic rings. The van der Waals surface area contributed by atoms with Crippen molar-refractivity contribution in [3.63, 3.8) is 0 Å². The Balaban J connectivity index is 1.95. The molecule has 0 aromatic heterocycles. The van der Waals surface area contributed by atoms with Crippen molar-refractivity contribution in [2.45, 2.75) is 5.92 Å². The summed E-state index contributed by atoms with van der Waals surface area (Å²) in [6.07, 6.45) is 0. The lowest BCUT2D eigenvalue weighted by Crippen LogP contribution is -2.03. The highest BCUT2D eigenvalue weighted by atomic mass is 16.5. The Morgan fingerprint density at radius 2 is 1.82 bits per heavy atom. The monoisotopic (exact) mass is 225 g/mol. The van der Waals surface area contributed by atoms with E-state index in [0.29, 0.717) is 5.92 Å². The summed E-state index contributed by atoms with van der Waals surface area (Å²) in [6, 6.07) is 16.8. The van der Waals surface area contributed by atoms with Gasteiger partial charge in [0, 0.05) is 18.2 Å². The number of para-hydroxylation sites is 1. The van der Waals surface area contributed by atoms with E-state index in [1.807, 2.05) is 12.1 Å². The Kier molecular flexibility index (Phi) is 2.48. The number of benzene rings is 2. The summed E-state index contributed by atoms with van der Waals surface area (Å²) in [4.78, 5) is 0. The molecule has 0 radical (unpaired) electrons. The molecule has 0 aliphatic carbocycles. The molecule has 3 rings (SSSR count). The molecule has 1 N–H and O–H groups in total. The van der Waals surface area contributed by atoms with E-state index in [1.165, 1.54) is 16.8 Å². The first-order valence-corrected chi connectivity index (χ1v) is 5.85. The van der Waals surface area contributed by atoms with Crippen LogP contribution in [0.4, 0.5) is 5.69 Å². The summed E-state index contributed by atoms with van der Waals surface area (Å²) in [6.45, 7) is 0.978. The maximum Gasteiger partial charge on any atom is 0.118 e. The summed E-state index contributed by atoms with van der Waals surface area (Å²) in [5.41, 5.74) is 3.98. The third-order valence-electron chi connectivity index (χ3n) is 3.35. The van der Waals surface area contributed by atoms with Crippen LogP contribution in [0.25, 0.3) is 0 Å². The van der Waals surface area contributed by atoms with Crippen molar-refractivity contribution in [1.82, 2.24) is 0 Å². The second-order valence-electron chi connectivity index (χ2n) is 4.29. The smallest absolute Gasteiger partial charge is 0.118 e. The average molecular weight is 225 g/mol. The van der Waals surface area contributed by atoms with Crippen LogP contribution in [0.15, 0.2) is 48.5 Å². The van der Waals surface area contributed by atoms with Gasteiger partial charge < -0.3 is 10.1 Å². The van der Waals surface area contributed by atoms with Crippen LogP contribution >= 0.6 is 0 Å². The lowest BCUT2D eigenvalue weighted by atomic mass is 9.93. The molecule has 2 nitrogen and oxygen atoms in total. The predicted molar refractivity (Wildman–Crippen MR) is 69.8 cm³/mol. The van der Waals surface area contributed by atoms with Gasteiger partial charge in [0.2, 0.25) is 0 Å². The number of methoxy groups -OCH3 is 1. The first kappa shape index (κ1) is 10.2. The van der Waals surface area contributed by atoms with Crippen LogP contribution in [-0.2, 0) is 0 Å².